The minimum absolute atomic E-state index is 0.607. The van der Waals surface area contributed by atoms with Gasteiger partial charge in [0.15, 0.2) is 0 Å². The number of fused-ring (bicyclic) bond motifs is 1. The molecule has 3 nitrogen and oxygen atoms in total. The topological polar surface area (TPSA) is 42.1 Å². The number of hydrogen-bond donors (Lipinski definition) is 1. The van der Waals surface area contributed by atoms with Crippen molar-refractivity contribution in [3.8, 4) is 0 Å². The highest BCUT2D eigenvalue weighted by atomic mass is 79.9. The molecule has 20 heavy (non-hydrogen) atoms. The summed E-state index contributed by atoms with van der Waals surface area (Å²) in [5.41, 5.74) is 8.05. The number of para-hydroxylation sites is 1. The molecule has 1 fully saturated rings. The van der Waals surface area contributed by atoms with Gasteiger partial charge in [-0.05, 0) is 65.5 Å². The normalized spacial score (nSPS) is 17.7. The lowest BCUT2D eigenvalue weighted by Gasteiger charge is -2.32. The molecule has 0 unspecified atom stereocenters. The first-order valence-corrected chi connectivity index (χ1v) is 8.05. The van der Waals surface area contributed by atoms with Crippen molar-refractivity contribution in [2.75, 3.05) is 26.2 Å². The maximum Gasteiger partial charge on any atom is 0.110 e. The Kier molecular flexibility index (Phi) is 4.34. The van der Waals surface area contributed by atoms with Gasteiger partial charge < -0.3 is 10.6 Å². The van der Waals surface area contributed by atoms with Gasteiger partial charge in [0.1, 0.15) is 4.60 Å². The first kappa shape index (κ1) is 14.0. The molecule has 0 radical (unpaired) electrons. The third-order valence-corrected chi connectivity index (χ3v) is 4.81. The van der Waals surface area contributed by atoms with Crippen LogP contribution in [0.3, 0.4) is 0 Å². The average Bonchev–Trinajstić information content (AvgIpc) is 2.48. The number of nitrogens with zero attached hydrogens (tertiary/aromatic N) is 2. The van der Waals surface area contributed by atoms with Crippen LogP contribution in [0.4, 0.5) is 0 Å². The Hall–Kier alpha value is -0.970. The molecular formula is C16H20BrN3. The molecule has 106 valence electrons. The van der Waals surface area contributed by atoms with Gasteiger partial charge in [-0.15, -0.1) is 0 Å². The molecule has 0 spiro atoms. The van der Waals surface area contributed by atoms with Crippen LogP contribution in [-0.2, 0) is 0 Å². The Bertz CT molecular complexity index is 591. The monoisotopic (exact) mass is 333 g/mol. The van der Waals surface area contributed by atoms with E-state index in [9.17, 15) is 0 Å². The highest BCUT2D eigenvalue weighted by Gasteiger charge is 2.22. The molecule has 1 saturated heterocycles. The summed E-state index contributed by atoms with van der Waals surface area (Å²) in [6.45, 7) is 4.05. The summed E-state index contributed by atoms with van der Waals surface area (Å²) in [4.78, 5) is 7.15. The number of halogens is 1. The van der Waals surface area contributed by atoms with Crippen molar-refractivity contribution in [3.63, 3.8) is 0 Å². The second kappa shape index (κ2) is 6.20. The van der Waals surface area contributed by atoms with Crippen LogP contribution in [0, 0.1) is 0 Å². The van der Waals surface area contributed by atoms with E-state index in [2.05, 4.69) is 50.1 Å². The molecule has 1 aliphatic rings. The van der Waals surface area contributed by atoms with Crippen molar-refractivity contribution in [2.24, 2.45) is 5.73 Å². The second-order valence-corrected chi connectivity index (χ2v) is 6.22. The zero-order valence-electron chi connectivity index (χ0n) is 11.6. The van der Waals surface area contributed by atoms with E-state index in [1.807, 2.05) is 6.07 Å². The molecule has 1 aromatic heterocycles. The largest absolute Gasteiger partial charge is 0.329 e. The molecule has 0 saturated carbocycles. The number of aromatic nitrogens is 1. The van der Waals surface area contributed by atoms with Gasteiger partial charge >= 0.3 is 0 Å². The smallest absolute Gasteiger partial charge is 0.110 e. The summed E-state index contributed by atoms with van der Waals surface area (Å²) >= 11 is 3.65. The van der Waals surface area contributed by atoms with Crippen LogP contribution < -0.4 is 5.73 Å². The van der Waals surface area contributed by atoms with Gasteiger partial charge in [0.2, 0.25) is 0 Å². The van der Waals surface area contributed by atoms with Crippen molar-refractivity contribution >= 4 is 26.8 Å². The summed E-state index contributed by atoms with van der Waals surface area (Å²) in [7, 11) is 0. The van der Waals surface area contributed by atoms with Crippen LogP contribution in [0.2, 0.25) is 0 Å². The van der Waals surface area contributed by atoms with E-state index in [1.54, 1.807) is 0 Å². The number of rotatable bonds is 3. The fourth-order valence-corrected chi connectivity index (χ4v) is 3.67. The lowest BCUT2D eigenvalue weighted by Crippen LogP contribution is -2.36. The molecule has 0 aliphatic carbocycles. The Morgan fingerprint density at radius 3 is 2.75 bits per heavy atom. The zero-order chi connectivity index (χ0) is 13.9. The van der Waals surface area contributed by atoms with Crippen molar-refractivity contribution in [1.82, 2.24) is 9.88 Å². The third kappa shape index (κ3) is 2.87. The Morgan fingerprint density at radius 1 is 1.25 bits per heavy atom. The summed E-state index contributed by atoms with van der Waals surface area (Å²) < 4.78 is 1.01. The van der Waals surface area contributed by atoms with Crippen LogP contribution in [0.25, 0.3) is 10.9 Å². The molecular weight excluding hydrogens is 314 g/mol. The number of piperidine rings is 1. The highest BCUT2D eigenvalue weighted by molar-refractivity contribution is 9.10. The molecule has 2 aromatic rings. The molecule has 1 aliphatic heterocycles. The van der Waals surface area contributed by atoms with Crippen molar-refractivity contribution in [3.05, 3.63) is 40.5 Å². The average molecular weight is 334 g/mol. The third-order valence-electron chi connectivity index (χ3n) is 4.18. The van der Waals surface area contributed by atoms with Gasteiger partial charge in [-0.2, -0.15) is 0 Å². The summed E-state index contributed by atoms with van der Waals surface area (Å²) in [6, 6.07) is 10.6. The van der Waals surface area contributed by atoms with Gasteiger partial charge in [0, 0.05) is 18.5 Å². The van der Waals surface area contributed by atoms with Gasteiger partial charge in [-0.1, -0.05) is 18.2 Å². The van der Waals surface area contributed by atoms with Crippen LogP contribution in [-0.4, -0.2) is 36.1 Å². The van der Waals surface area contributed by atoms with E-state index in [1.165, 1.54) is 23.8 Å². The minimum atomic E-state index is 0.607. The molecule has 0 bridgehead atoms. The van der Waals surface area contributed by atoms with Crippen molar-refractivity contribution < 1.29 is 0 Å². The van der Waals surface area contributed by atoms with Crippen molar-refractivity contribution in [1.29, 1.82) is 0 Å². The van der Waals surface area contributed by atoms with E-state index in [0.717, 1.165) is 36.3 Å². The first-order chi connectivity index (χ1) is 9.78. The Balaban J connectivity index is 1.82. The highest BCUT2D eigenvalue weighted by Crippen LogP contribution is 2.33. The SMILES string of the molecule is NCCN1CCC(c2cc3ccccc3nc2Br)CC1. The van der Waals surface area contributed by atoms with E-state index in [-0.39, 0.29) is 0 Å². The van der Waals surface area contributed by atoms with Crippen molar-refractivity contribution in [2.45, 2.75) is 18.8 Å². The van der Waals surface area contributed by atoms with Gasteiger partial charge in [-0.3, -0.25) is 0 Å². The summed E-state index contributed by atoms with van der Waals surface area (Å²) in [5, 5.41) is 1.23. The Labute approximate surface area is 128 Å². The predicted molar refractivity (Wildman–Crippen MR) is 86.9 cm³/mol. The number of nitrogens with two attached hydrogens (primary N) is 1. The fourth-order valence-electron chi connectivity index (χ4n) is 3.05. The number of benzene rings is 1. The van der Waals surface area contributed by atoms with Crippen LogP contribution in [0.5, 0.6) is 0 Å². The van der Waals surface area contributed by atoms with Gasteiger partial charge in [0.05, 0.1) is 5.52 Å². The quantitative estimate of drug-likeness (QED) is 0.877. The predicted octanol–water partition coefficient (Wildman–Crippen LogP) is 3.14. The lowest BCUT2D eigenvalue weighted by atomic mass is 9.90. The summed E-state index contributed by atoms with van der Waals surface area (Å²) in [5.74, 6) is 0.607. The lowest BCUT2D eigenvalue weighted by molar-refractivity contribution is 0.217. The summed E-state index contributed by atoms with van der Waals surface area (Å²) in [6.07, 6.45) is 2.39. The van der Waals surface area contributed by atoms with E-state index in [0.29, 0.717) is 5.92 Å². The Morgan fingerprint density at radius 2 is 2.00 bits per heavy atom. The molecule has 1 aromatic carbocycles. The number of likely N-dealkylation sites (tertiary alicyclic amines) is 1. The standard InChI is InChI=1S/C16H20BrN3/c17-16-14(11-13-3-1-2-4-15(13)19-16)12-5-8-20(9-6-12)10-7-18/h1-4,11-12H,5-10,18H2. The molecule has 2 N–H and O–H groups in total. The minimum Gasteiger partial charge on any atom is -0.329 e. The molecule has 4 heteroatoms. The van der Waals surface area contributed by atoms with Gasteiger partial charge in [0.25, 0.3) is 0 Å². The van der Waals surface area contributed by atoms with Crippen LogP contribution in [0.15, 0.2) is 34.9 Å². The first-order valence-electron chi connectivity index (χ1n) is 7.25. The van der Waals surface area contributed by atoms with E-state index >= 15 is 0 Å². The van der Waals surface area contributed by atoms with Crippen LogP contribution in [0.1, 0.15) is 24.3 Å². The molecule has 3 rings (SSSR count). The molecule has 0 atom stereocenters. The van der Waals surface area contributed by atoms with E-state index < -0.39 is 0 Å². The number of pyridine rings is 1. The zero-order valence-corrected chi connectivity index (χ0v) is 13.1. The molecule has 0 amide bonds. The van der Waals surface area contributed by atoms with E-state index in [4.69, 9.17) is 5.73 Å². The second-order valence-electron chi connectivity index (χ2n) is 5.47. The maximum atomic E-state index is 5.63. The molecule has 2 heterocycles. The maximum absolute atomic E-state index is 5.63. The number of hydrogen-bond acceptors (Lipinski definition) is 3. The fraction of sp³-hybridized carbons (Fsp3) is 0.438. The van der Waals surface area contributed by atoms with Gasteiger partial charge in [-0.25, -0.2) is 4.98 Å². The van der Waals surface area contributed by atoms with Crippen LogP contribution >= 0.6 is 15.9 Å².